The van der Waals surface area contributed by atoms with Crippen molar-refractivity contribution in [2.45, 2.75) is 19.5 Å². The highest BCUT2D eigenvalue weighted by Crippen LogP contribution is 2.16. The SMILES string of the molecule is CC(CBr)N(C)Cc1ccc(Cl)cc1F. The number of rotatable bonds is 4. The fourth-order valence-electron chi connectivity index (χ4n) is 1.19. The van der Waals surface area contributed by atoms with Crippen LogP contribution in [0.4, 0.5) is 4.39 Å². The van der Waals surface area contributed by atoms with E-state index >= 15 is 0 Å². The highest BCUT2D eigenvalue weighted by molar-refractivity contribution is 9.09. The first-order chi connectivity index (χ1) is 7.04. The quantitative estimate of drug-likeness (QED) is 0.766. The number of hydrogen-bond donors (Lipinski definition) is 0. The van der Waals surface area contributed by atoms with Crippen molar-refractivity contribution in [3.8, 4) is 0 Å². The summed E-state index contributed by atoms with van der Waals surface area (Å²) >= 11 is 9.08. The van der Waals surface area contributed by atoms with Gasteiger partial charge >= 0.3 is 0 Å². The molecule has 1 nitrogen and oxygen atoms in total. The summed E-state index contributed by atoms with van der Waals surface area (Å²) < 4.78 is 13.5. The second kappa shape index (κ2) is 5.83. The molecule has 1 aromatic carbocycles. The molecule has 0 aliphatic rings. The third kappa shape index (κ3) is 3.74. The highest BCUT2D eigenvalue weighted by Gasteiger charge is 2.10. The van der Waals surface area contributed by atoms with E-state index in [1.165, 1.54) is 6.07 Å². The Morgan fingerprint density at radius 1 is 1.53 bits per heavy atom. The van der Waals surface area contributed by atoms with Gasteiger partial charge in [0.25, 0.3) is 0 Å². The number of alkyl halides is 1. The van der Waals surface area contributed by atoms with E-state index in [2.05, 4.69) is 27.8 Å². The van der Waals surface area contributed by atoms with Crippen molar-refractivity contribution in [3.63, 3.8) is 0 Å². The molecule has 1 rings (SSSR count). The van der Waals surface area contributed by atoms with Gasteiger partial charge in [-0.05, 0) is 26.1 Å². The lowest BCUT2D eigenvalue weighted by Crippen LogP contribution is -2.30. The van der Waals surface area contributed by atoms with E-state index in [1.54, 1.807) is 12.1 Å². The fraction of sp³-hybridized carbons (Fsp3) is 0.455. The first kappa shape index (κ1) is 12.9. The van der Waals surface area contributed by atoms with Gasteiger partial charge in [-0.3, -0.25) is 4.90 Å². The van der Waals surface area contributed by atoms with Crippen LogP contribution in [0.25, 0.3) is 0 Å². The number of nitrogens with zero attached hydrogens (tertiary/aromatic N) is 1. The van der Waals surface area contributed by atoms with Crippen LogP contribution in [-0.2, 0) is 6.54 Å². The summed E-state index contributed by atoms with van der Waals surface area (Å²) in [5.41, 5.74) is 0.676. The van der Waals surface area contributed by atoms with Gasteiger partial charge in [-0.25, -0.2) is 4.39 Å². The Balaban J connectivity index is 2.72. The second-order valence-electron chi connectivity index (χ2n) is 3.65. The molecule has 0 saturated carbocycles. The van der Waals surface area contributed by atoms with Crippen LogP contribution in [0.5, 0.6) is 0 Å². The lowest BCUT2D eigenvalue weighted by atomic mass is 10.2. The Kier molecular flexibility index (Phi) is 5.03. The van der Waals surface area contributed by atoms with Crippen LogP contribution in [0.1, 0.15) is 12.5 Å². The molecular formula is C11H14BrClFN. The van der Waals surface area contributed by atoms with Crippen LogP contribution < -0.4 is 0 Å². The van der Waals surface area contributed by atoms with E-state index in [-0.39, 0.29) is 5.82 Å². The molecule has 0 spiro atoms. The van der Waals surface area contributed by atoms with Crippen molar-refractivity contribution in [2.24, 2.45) is 0 Å². The summed E-state index contributed by atoms with van der Waals surface area (Å²) in [6, 6.07) is 5.17. The molecule has 4 heteroatoms. The van der Waals surface area contributed by atoms with Gasteiger partial charge in [0.1, 0.15) is 5.82 Å². The summed E-state index contributed by atoms with van der Waals surface area (Å²) in [5, 5.41) is 1.31. The Bertz CT molecular complexity index is 332. The van der Waals surface area contributed by atoms with Crippen molar-refractivity contribution in [2.75, 3.05) is 12.4 Å². The van der Waals surface area contributed by atoms with Crippen LogP contribution in [-0.4, -0.2) is 23.3 Å². The third-order valence-electron chi connectivity index (χ3n) is 2.41. The molecule has 0 heterocycles. The third-order valence-corrected chi connectivity index (χ3v) is 3.58. The van der Waals surface area contributed by atoms with Crippen LogP contribution in [0, 0.1) is 5.82 Å². The molecule has 0 aliphatic heterocycles. The minimum atomic E-state index is -0.240. The molecule has 0 amide bonds. The van der Waals surface area contributed by atoms with E-state index in [1.807, 2.05) is 7.05 Å². The van der Waals surface area contributed by atoms with Crippen molar-refractivity contribution in [1.82, 2.24) is 4.90 Å². The molecule has 0 radical (unpaired) electrons. The van der Waals surface area contributed by atoms with E-state index < -0.39 is 0 Å². The molecule has 15 heavy (non-hydrogen) atoms. The monoisotopic (exact) mass is 293 g/mol. The summed E-state index contributed by atoms with van der Waals surface area (Å²) in [6.45, 7) is 2.68. The van der Waals surface area contributed by atoms with Gasteiger partial charge in [0.15, 0.2) is 0 Å². The van der Waals surface area contributed by atoms with Gasteiger partial charge in [0, 0.05) is 28.5 Å². The molecule has 0 aliphatic carbocycles. The van der Waals surface area contributed by atoms with E-state index in [4.69, 9.17) is 11.6 Å². The number of hydrogen-bond acceptors (Lipinski definition) is 1. The van der Waals surface area contributed by atoms with Crippen LogP contribution in [0.2, 0.25) is 5.02 Å². The van der Waals surface area contributed by atoms with Gasteiger partial charge in [0.2, 0.25) is 0 Å². The van der Waals surface area contributed by atoms with Crippen molar-refractivity contribution < 1.29 is 4.39 Å². The summed E-state index contributed by atoms with van der Waals surface area (Å²) in [7, 11) is 1.97. The van der Waals surface area contributed by atoms with E-state index in [0.29, 0.717) is 23.2 Å². The van der Waals surface area contributed by atoms with Crippen molar-refractivity contribution >= 4 is 27.5 Å². The second-order valence-corrected chi connectivity index (χ2v) is 4.74. The lowest BCUT2D eigenvalue weighted by Gasteiger charge is -2.23. The summed E-state index contributed by atoms with van der Waals surface area (Å²) in [4.78, 5) is 2.08. The number of benzene rings is 1. The zero-order valence-electron chi connectivity index (χ0n) is 8.80. The number of halogens is 3. The molecular weight excluding hydrogens is 280 g/mol. The molecule has 1 aromatic rings. The molecule has 0 saturated heterocycles. The predicted molar refractivity (Wildman–Crippen MR) is 66.1 cm³/mol. The van der Waals surface area contributed by atoms with Crippen LogP contribution in [0.3, 0.4) is 0 Å². The topological polar surface area (TPSA) is 3.24 Å². The molecule has 0 bridgehead atoms. The maximum atomic E-state index is 13.5. The molecule has 0 N–H and O–H groups in total. The van der Waals surface area contributed by atoms with Crippen molar-refractivity contribution in [1.29, 1.82) is 0 Å². The molecule has 1 unspecified atom stereocenters. The Morgan fingerprint density at radius 2 is 2.20 bits per heavy atom. The normalized spacial score (nSPS) is 13.2. The molecule has 1 atom stereocenters. The molecule has 0 aromatic heterocycles. The maximum absolute atomic E-state index is 13.5. The van der Waals surface area contributed by atoms with Crippen LogP contribution >= 0.6 is 27.5 Å². The fourth-order valence-corrected chi connectivity index (χ4v) is 1.85. The molecule has 0 fully saturated rings. The van der Waals surface area contributed by atoms with Crippen molar-refractivity contribution in [3.05, 3.63) is 34.6 Å². The van der Waals surface area contributed by atoms with E-state index in [0.717, 1.165) is 5.33 Å². The van der Waals surface area contributed by atoms with Gasteiger partial charge in [0.05, 0.1) is 0 Å². The van der Waals surface area contributed by atoms with Gasteiger partial charge < -0.3 is 0 Å². The van der Waals surface area contributed by atoms with Crippen LogP contribution in [0.15, 0.2) is 18.2 Å². The maximum Gasteiger partial charge on any atom is 0.129 e. The Hall–Kier alpha value is -0.120. The first-order valence-electron chi connectivity index (χ1n) is 4.74. The predicted octanol–water partition coefficient (Wildman–Crippen LogP) is 3.69. The largest absolute Gasteiger partial charge is 0.299 e. The summed E-state index contributed by atoms with van der Waals surface area (Å²) in [5.74, 6) is -0.240. The zero-order valence-corrected chi connectivity index (χ0v) is 11.1. The minimum Gasteiger partial charge on any atom is -0.299 e. The summed E-state index contributed by atoms with van der Waals surface area (Å²) in [6.07, 6.45) is 0. The standard InChI is InChI=1S/C11H14BrClFN/c1-8(6-12)15(2)7-9-3-4-10(13)5-11(9)14/h3-5,8H,6-7H2,1-2H3. The lowest BCUT2D eigenvalue weighted by molar-refractivity contribution is 0.267. The Labute approximate surface area is 103 Å². The van der Waals surface area contributed by atoms with Gasteiger partial charge in [-0.15, -0.1) is 0 Å². The average Bonchev–Trinajstić information content (AvgIpc) is 2.20. The minimum absolute atomic E-state index is 0.240. The van der Waals surface area contributed by atoms with E-state index in [9.17, 15) is 4.39 Å². The van der Waals surface area contributed by atoms with Gasteiger partial charge in [-0.1, -0.05) is 33.6 Å². The first-order valence-corrected chi connectivity index (χ1v) is 6.24. The smallest absolute Gasteiger partial charge is 0.129 e. The highest BCUT2D eigenvalue weighted by atomic mass is 79.9. The Morgan fingerprint density at radius 3 is 2.73 bits per heavy atom. The average molecular weight is 295 g/mol. The molecule has 84 valence electrons. The van der Waals surface area contributed by atoms with Gasteiger partial charge in [-0.2, -0.15) is 0 Å². The zero-order chi connectivity index (χ0) is 11.4.